The lowest BCUT2D eigenvalue weighted by Crippen LogP contribution is -2.40. The van der Waals surface area contributed by atoms with Gasteiger partial charge in [-0.25, -0.2) is 0 Å². The number of nitrogens with zero attached hydrogens (tertiary/aromatic N) is 1. The zero-order valence-electron chi connectivity index (χ0n) is 16.4. The molecule has 2 rings (SSSR count). The second-order valence-corrected chi connectivity index (χ2v) is 8.16. The van der Waals surface area contributed by atoms with E-state index in [1.165, 1.54) is 0 Å². The maximum atomic E-state index is 12.6. The van der Waals surface area contributed by atoms with Crippen LogP contribution in [0.15, 0.2) is 22.7 Å². The Balaban J connectivity index is 1.76. The van der Waals surface area contributed by atoms with Crippen molar-refractivity contribution in [1.82, 2.24) is 10.2 Å². The van der Waals surface area contributed by atoms with Crippen LogP contribution in [0.25, 0.3) is 0 Å². The molecule has 1 N–H and O–H groups in total. The molecule has 0 aromatic heterocycles. The van der Waals surface area contributed by atoms with Crippen molar-refractivity contribution >= 4 is 21.8 Å². The number of halogens is 3. The fraction of sp³-hybridized carbons (Fsp3) is 0.650. The SMILES string of the molecule is CC(C)OCCCNC(=O)C1CCN(Cc2cc(Br)ccc2OC(F)F)CC1. The molecule has 1 fully saturated rings. The molecule has 0 radical (unpaired) electrons. The number of hydrogen-bond acceptors (Lipinski definition) is 4. The lowest BCUT2D eigenvalue weighted by atomic mass is 9.95. The van der Waals surface area contributed by atoms with Crippen molar-refractivity contribution < 1.29 is 23.0 Å². The van der Waals surface area contributed by atoms with E-state index >= 15 is 0 Å². The monoisotopic (exact) mass is 462 g/mol. The second-order valence-electron chi connectivity index (χ2n) is 7.25. The molecular weight excluding hydrogens is 434 g/mol. The zero-order chi connectivity index (χ0) is 20.5. The van der Waals surface area contributed by atoms with Crippen LogP contribution in [0, 0.1) is 5.92 Å². The number of carbonyl (C=O) groups excluding carboxylic acids is 1. The molecule has 0 atom stereocenters. The van der Waals surface area contributed by atoms with Crippen LogP contribution in [0.4, 0.5) is 8.78 Å². The Morgan fingerprint density at radius 3 is 2.68 bits per heavy atom. The highest BCUT2D eigenvalue weighted by molar-refractivity contribution is 9.10. The van der Waals surface area contributed by atoms with Crippen molar-refractivity contribution in [3.8, 4) is 5.75 Å². The van der Waals surface area contributed by atoms with E-state index in [1.807, 2.05) is 13.8 Å². The molecule has 0 aliphatic carbocycles. The normalized spacial score (nSPS) is 16.0. The summed E-state index contributed by atoms with van der Waals surface area (Å²) in [5, 5.41) is 2.98. The van der Waals surface area contributed by atoms with Gasteiger partial charge in [-0.3, -0.25) is 9.69 Å². The van der Waals surface area contributed by atoms with E-state index in [0.717, 1.165) is 36.8 Å². The van der Waals surface area contributed by atoms with Gasteiger partial charge in [0.25, 0.3) is 0 Å². The third kappa shape index (κ3) is 8.01. The summed E-state index contributed by atoms with van der Waals surface area (Å²) < 4.78 is 36.1. The molecule has 8 heteroatoms. The van der Waals surface area contributed by atoms with Crippen LogP contribution in [-0.2, 0) is 16.1 Å². The van der Waals surface area contributed by atoms with Gasteiger partial charge in [0.2, 0.25) is 5.91 Å². The van der Waals surface area contributed by atoms with E-state index in [2.05, 4.69) is 30.9 Å². The number of nitrogens with one attached hydrogen (secondary N) is 1. The Kier molecular flexibility index (Phi) is 9.61. The smallest absolute Gasteiger partial charge is 0.387 e. The first-order valence-electron chi connectivity index (χ1n) is 9.70. The average Bonchev–Trinajstić information content (AvgIpc) is 2.63. The van der Waals surface area contributed by atoms with Crippen LogP contribution < -0.4 is 10.1 Å². The van der Waals surface area contributed by atoms with Crippen molar-refractivity contribution in [3.63, 3.8) is 0 Å². The van der Waals surface area contributed by atoms with E-state index < -0.39 is 6.61 Å². The highest BCUT2D eigenvalue weighted by Gasteiger charge is 2.25. The van der Waals surface area contributed by atoms with Gasteiger partial charge < -0.3 is 14.8 Å². The Bertz CT molecular complexity index is 623. The summed E-state index contributed by atoms with van der Waals surface area (Å²) in [5.41, 5.74) is 0.711. The maximum Gasteiger partial charge on any atom is 0.387 e. The van der Waals surface area contributed by atoms with E-state index in [4.69, 9.17) is 4.74 Å². The predicted molar refractivity (Wildman–Crippen MR) is 107 cm³/mol. The molecule has 1 aromatic carbocycles. The number of benzene rings is 1. The van der Waals surface area contributed by atoms with Gasteiger partial charge in [0.15, 0.2) is 0 Å². The third-order valence-corrected chi connectivity index (χ3v) is 5.16. The van der Waals surface area contributed by atoms with Crippen LogP contribution >= 0.6 is 15.9 Å². The Morgan fingerprint density at radius 2 is 2.04 bits per heavy atom. The molecule has 1 aliphatic rings. The number of likely N-dealkylation sites (tertiary alicyclic amines) is 1. The van der Waals surface area contributed by atoms with Gasteiger partial charge in [-0.2, -0.15) is 8.78 Å². The van der Waals surface area contributed by atoms with Crippen molar-refractivity contribution in [3.05, 3.63) is 28.2 Å². The molecule has 0 bridgehead atoms. The molecule has 158 valence electrons. The fourth-order valence-electron chi connectivity index (χ4n) is 3.22. The van der Waals surface area contributed by atoms with Gasteiger partial charge in [0, 0.05) is 35.7 Å². The van der Waals surface area contributed by atoms with Gasteiger partial charge in [0.05, 0.1) is 6.10 Å². The number of alkyl halides is 2. The average molecular weight is 463 g/mol. The van der Waals surface area contributed by atoms with Crippen molar-refractivity contribution in [1.29, 1.82) is 0 Å². The van der Waals surface area contributed by atoms with Gasteiger partial charge >= 0.3 is 6.61 Å². The van der Waals surface area contributed by atoms with Gasteiger partial charge in [-0.05, 0) is 64.4 Å². The van der Waals surface area contributed by atoms with Crippen LogP contribution in [-0.4, -0.2) is 49.8 Å². The van der Waals surface area contributed by atoms with Crippen LogP contribution in [0.5, 0.6) is 5.75 Å². The number of ether oxygens (including phenoxy) is 2. The lowest BCUT2D eigenvalue weighted by molar-refractivity contribution is -0.126. The predicted octanol–water partition coefficient (Wildman–Crippen LogP) is 4.19. The second kappa shape index (κ2) is 11.7. The molecule has 1 heterocycles. The number of carbonyl (C=O) groups is 1. The zero-order valence-corrected chi connectivity index (χ0v) is 18.0. The summed E-state index contributed by atoms with van der Waals surface area (Å²) >= 11 is 3.38. The van der Waals surface area contributed by atoms with Gasteiger partial charge in [0.1, 0.15) is 5.75 Å². The number of amides is 1. The van der Waals surface area contributed by atoms with Gasteiger partial charge in [-0.1, -0.05) is 15.9 Å². The molecule has 1 amide bonds. The molecule has 28 heavy (non-hydrogen) atoms. The fourth-order valence-corrected chi connectivity index (χ4v) is 3.63. The minimum atomic E-state index is -2.85. The summed E-state index contributed by atoms with van der Waals surface area (Å²) in [6, 6.07) is 5.04. The highest BCUT2D eigenvalue weighted by Crippen LogP contribution is 2.28. The van der Waals surface area contributed by atoms with E-state index in [0.29, 0.717) is 25.3 Å². The molecule has 1 aromatic rings. The van der Waals surface area contributed by atoms with E-state index in [9.17, 15) is 13.6 Å². The first kappa shape index (κ1) is 23.0. The molecule has 0 saturated carbocycles. The van der Waals surface area contributed by atoms with Crippen molar-refractivity contribution in [2.45, 2.75) is 52.4 Å². The molecule has 1 saturated heterocycles. The van der Waals surface area contributed by atoms with E-state index in [1.54, 1.807) is 18.2 Å². The quantitative estimate of drug-likeness (QED) is 0.529. The van der Waals surface area contributed by atoms with Gasteiger partial charge in [-0.15, -0.1) is 0 Å². The Hall–Kier alpha value is -1.25. The lowest BCUT2D eigenvalue weighted by Gasteiger charge is -2.31. The molecule has 0 spiro atoms. The molecule has 0 unspecified atom stereocenters. The number of rotatable bonds is 10. The minimum absolute atomic E-state index is 0.00145. The Morgan fingerprint density at radius 1 is 1.32 bits per heavy atom. The van der Waals surface area contributed by atoms with Crippen LogP contribution in [0.3, 0.4) is 0 Å². The van der Waals surface area contributed by atoms with Crippen molar-refractivity contribution in [2.75, 3.05) is 26.2 Å². The van der Waals surface area contributed by atoms with Crippen LogP contribution in [0.2, 0.25) is 0 Å². The largest absolute Gasteiger partial charge is 0.434 e. The minimum Gasteiger partial charge on any atom is -0.434 e. The summed E-state index contributed by atoms with van der Waals surface area (Å²) in [4.78, 5) is 14.5. The number of hydrogen-bond donors (Lipinski definition) is 1. The summed E-state index contributed by atoms with van der Waals surface area (Å²) in [7, 11) is 0. The standard InChI is InChI=1S/C20H29BrF2N2O3/c1-14(2)27-11-3-8-24-19(26)15-6-9-25(10-7-15)13-16-12-17(21)4-5-18(16)28-20(22)23/h4-5,12,14-15,20H,3,6-11,13H2,1-2H3,(H,24,26). The first-order chi connectivity index (χ1) is 13.3. The summed E-state index contributed by atoms with van der Waals surface area (Å²) in [6.07, 6.45) is 2.52. The molecule has 5 nitrogen and oxygen atoms in total. The topological polar surface area (TPSA) is 50.8 Å². The Labute approximate surface area is 173 Å². The highest BCUT2D eigenvalue weighted by atomic mass is 79.9. The summed E-state index contributed by atoms with van der Waals surface area (Å²) in [5.74, 6) is 0.289. The van der Waals surface area contributed by atoms with Crippen LogP contribution in [0.1, 0.15) is 38.7 Å². The third-order valence-electron chi connectivity index (χ3n) is 4.66. The number of piperidine rings is 1. The first-order valence-corrected chi connectivity index (χ1v) is 10.5. The maximum absolute atomic E-state index is 12.6. The molecule has 1 aliphatic heterocycles. The summed E-state index contributed by atoms with van der Waals surface area (Å²) in [6.45, 7) is 4.41. The van der Waals surface area contributed by atoms with E-state index in [-0.39, 0.29) is 23.7 Å². The van der Waals surface area contributed by atoms with Crippen molar-refractivity contribution in [2.24, 2.45) is 5.92 Å². The molecular formula is C20H29BrF2N2O3.